The van der Waals surface area contributed by atoms with Crippen molar-refractivity contribution in [2.45, 2.75) is 20.0 Å². The van der Waals surface area contributed by atoms with Gasteiger partial charge in [-0.05, 0) is 68.4 Å². The predicted octanol–water partition coefficient (Wildman–Crippen LogP) is 3.24. The molecule has 1 heterocycles. The predicted molar refractivity (Wildman–Crippen MR) is 103 cm³/mol. The van der Waals surface area contributed by atoms with Crippen molar-refractivity contribution in [2.75, 3.05) is 5.32 Å². The van der Waals surface area contributed by atoms with Crippen molar-refractivity contribution in [1.29, 1.82) is 5.26 Å². The molecular weight excluding hydrogens is 356 g/mol. The highest BCUT2D eigenvalue weighted by Crippen LogP contribution is 2.14. The Morgan fingerprint density at radius 1 is 1.11 bits per heavy atom. The standard InChI is InChI=1S/C21H18N4O3/c1-14-11-12-23-25(14)19-9-5-17(6-10-19)21(27)28-15(2)20(26)24-18-7-3-16(13-22)4-8-18/h3-12,15H,1-2H3,(H,24,26)/t15-/m0/s1. The molecule has 3 aromatic rings. The van der Waals surface area contributed by atoms with Crippen LogP contribution in [0.3, 0.4) is 0 Å². The van der Waals surface area contributed by atoms with Crippen LogP contribution in [0.15, 0.2) is 60.8 Å². The molecule has 1 aromatic heterocycles. The van der Waals surface area contributed by atoms with Crippen molar-refractivity contribution in [2.24, 2.45) is 0 Å². The molecule has 0 aliphatic rings. The highest BCUT2D eigenvalue weighted by atomic mass is 16.5. The molecule has 0 fully saturated rings. The molecule has 0 aliphatic carbocycles. The molecule has 0 radical (unpaired) electrons. The number of esters is 1. The lowest BCUT2D eigenvalue weighted by molar-refractivity contribution is -0.123. The number of anilines is 1. The highest BCUT2D eigenvalue weighted by Gasteiger charge is 2.19. The van der Waals surface area contributed by atoms with E-state index < -0.39 is 18.0 Å². The van der Waals surface area contributed by atoms with Crippen LogP contribution in [0.2, 0.25) is 0 Å². The fourth-order valence-corrected chi connectivity index (χ4v) is 2.53. The van der Waals surface area contributed by atoms with Crippen LogP contribution < -0.4 is 5.32 Å². The SMILES string of the molecule is Cc1ccnn1-c1ccc(C(=O)O[C@@H](C)C(=O)Nc2ccc(C#N)cc2)cc1. The van der Waals surface area contributed by atoms with Crippen LogP contribution in [-0.2, 0) is 9.53 Å². The molecule has 0 aliphatic heterocycles. The molecule has 0 saturated heterocycles. The Hall–Kier alpha value is -3.92. The smallest absolute Gasteiger partial charge is 0.338 e. The molecule has 0 spiro atoms. The zero-order chi connectivity index (χ0) is 20.1. The number of rotatable bonds is 5. The van der Waals surface area contributed by atoms with Crippen molar-refractivity contribution in [1.82, 2.24) is 9.78 Å². The highest BCUT2D eigenvalue weighted by molar-refractivity contribution is 5.97. The molecule has 3 rings (SSSR count). The summed E-state index contributed by atoms with van der Waals surface area (Å²) in [6.07, 6.45) is 0.724. The molecule has 1 atom stereocenters. The van der Waals surface area contributed by atoms with E-state index >= 15 is 0 Å². The van der Waals surface area contributed by atoms with Gasteiger partial charge < -0.3 is 10.1 Å². The number of carbonyl (C=O) groups excluding carboxylic acids is 2. The lowest BCUT2D eigenvalue weighted by Gasteiger charge is -2.14. The summed E-state index contributed by atoms with van der Waals surface area (Å²) in [4.78, 5) is 24.5. The monoisotopic (exact) mass is 374 g/mol. The summed E-state index contributed by atoms with van der Waals surface area (Å²) >= 11 is 0. The van der Waals surface area contributed by atoms with E-state index in [1.165, 1.54) is 6.92 Å². The normalized spacial score (nSPS) is 11.3. The van der Waals surface area contributed by atoms with Gasteiger partial charge in [0.15, 0.2) is 6.10 Å². The third-order valence-electron chi connectivity index (χ3n) is 4.11. The first-order valence-corrected chi connectivity index (χ1v) is 8.61. The van der Waals surface area contributed by atoms with E-state index in [-0.39, 0.29) is 0 Å². The molecule has 0 bridgehead atoms. The van der Waals surface area contributed by atoms with Crippen LogP contribution >= 0.6 is 0 Å². The number of nitrogens with one attached hydrogen (secondary N) is 1. The molecule has 2 aromatic carbocycles. The van der Waals surface area contributed by atoms with E-state index in [2.05, 4.69) is 10.4 Å². The summed E-state index contributed by atoms with van der Waals surface area (Å²) in [6, 6.07) is 17.1. The number of hydrogen-bond donors (Lipinski definition) is 1. The van der Waals surface area contributed by atoms with Crippen molar-refractivity contribution >= 4 is 17.6 Å². The number of benzene rings is 2. The quantitative estimate of drug-likeness (QED) is 0.692. The number of carbonyl (C=O) groups is 2. The molecular formula is C21H18N4O3. The lowest BCUT2D eigenvalue weighted by Crippen LogP contribution is -2.30. The number of amides is 1. The second-order valence-corrected chi connectivity index (χ2v) is 6.16. The largest absolute Gasteiger partial charge is 0.449 e. The van der Waals surface area contributed by atoms with E-state index in [0.29, 0.717) is 16.8 Å². The minimum absolute atomic E-state index is 0.339. The molecule has 0 saturated carbocycles. The fourth-order valence-electron chi connectivity index (χ4n) is 2.53. The van der Waals surface area contributed by atoms with Gasteiger partial charge in [0.2, 0.25) is 0 Å². The number of ether oxygens (including phenoxy) is 1. The average Bonchev–Trinajstić information content (AvgIpc) is 3.14. The van der Waals surface area contributed by atoms with E-state index in [0.717, 1.165) is 11.4 Å². The number of hydrogen-bond acceptors (Lipinski definition) is 5. The zero-order valence-corrected chi connectivity index (χ0v) is 15.4. The number of aromatic nitrogens is 2. The van der Waals surface area contributed by atoms with Crippen LogP contribution in [0.1, 0.15) is 28.5 Å². The van der Waals surface area contributed by atoms with Gasteiger partial charge in [-0.3, -0.25) is 4.79 Å². The van der Waals surface area contributed by atoms with Gasteiger partial charge in [-0.15, -0.1) is 0 Å². The van der Waals surface area contributed by atoms with Gasteiger partial charge in [-0.25, -0.2) is 9.48 Å². The Labute approximate surface area is 162 Å². The summed E-state index contributed by atoms with van der Waals surface area (Å²) in [5.41, 5.74) is 3.15. The number of nitrogens with zero attached hydrogens (tertiary/aromatic N) is 3. The Morgan fingerprint density at radius 2 is 1.79 bits per heavy atom. The van der Waals surface area contributed by atoms with Gasteiger partial charge in [0.05, 0.1) is 22.9 Å². The fraction of sp³-hybridized carbons (Fsp3) is 0.143. The maximum atomic E-state index is 12.3. The van der Waals surface area contributed by atoms with Gasteiger partial charge in [0.25, 0.3) is 5.91 Å². The second-order valence-electron chi connectivity index (χ2n) is 6.16. The van der Waals surface area contributed by atoms with Crippen molar-refractivity contribution in [3.05, 3.63) is 77.6 Å². The van der Waals surface area contributed by atoms with Crippen molar-refractivity contribution in [3.8, 4) is 11.8 Å². The minimum Gasteiger partial charge on any atom is -0.449 e. The molecule has 1 amide bonds. The van der Waals surface area contributed by atoms with E-state index in [9.17, 15) is 9.59 Å². The third-order valence-corrected chi connectivity index (χ3v) is 4.11. The van der Waals surface area contributed by atoms with Crippen LogP contribution in [0.25, 0.3) is 5.69 Å². The van der Waals surface area contributed by atoms with Crippen LogP contribution in [0.4, 0.5) is 5.69 Å². The summed E-state index contributed by atoms with van der Waals surface area (Å²) in [5, 5.41) is 15.6. The molecule has 140 valence electrons. The summed E-state index contributed by atoms with van der Waals surface area (Å²) < 4.78 is 7.00. The Bertz CT molecular complexity index is 1030. The van der Waals surface area contributed by atoms with E-state index in [4.69, 9.17) is 10.00 Å². The van der Waals surface area contributed by atoms with Crippen molar-refractivity contribution in [3.63, 3.8) is 0 Å². The van der Waals surface area contributed by atoms with Crippen LogP contribution in [-0.4, -0.2) is 27.8 Å². The molecule has 7 nitrogen and oxygen atoms in total. The van der Waals surface area contributed by atoms with Crippen LogP contribution in [0.5, 0.6) is 0 Å². The maximum Gasteiger partial charge on any atom is 0.338 e. The van der Waals surface area contributed by atoms with Gasteiger partial charge in [-0.1, -0.05) is 0 Å². The van der Waals surface area contributed by atoms with Gasteiger partial charge >= 0.3 is 5.97 Å². The first kappa shape index (κ1) is 18.9. The van der Waals surface area contributed by atoms with Gasteiger partial charge in [-0.2, -0.15) is 10.4 Å². The topological polar surface area (TPSA) is 97.0 Å². The molecule has 7 heteroatoms. The third kappa shape index (κ3) is 4.24. The lowest BCUT2D eigenvalue weighted by atomic mass is 10.2. The maximum absolute atomic E-state index is 12.3. The van der Waals surface area contributed by atoms with Gasteiger partial charge in [0.1, 0.15) is 0 Å². The first-order valence-electron chi connectivity index (χ1n) is 8.61. The number of nitriles is 1. The molecule has 28 heavy (non-hydrogen) atoms. The Balaban J connectivity index is 1.60. The zero-order valence-electron chi connectivity index (χ0n) is 15.4. The van der Waals surface area contributed by atoms with E-state index in [1.807, 2.05) is 19.1 Å². The average molecular weight is 374 g/mol. The Morgan fingerprint density at radius 3 is 2.36 bits per heavy atom. The summed E-state index contributed by atoms with van der Waals surface area (Å²) in [7, 11) is 0. The minimum atomic E-state index is -0.976. The number of aryl methyl sites for hydroxylation is 1. The summed E-state index contributed by atoms with van der Waals surface area (Å²) in [5.74, 6) is -1.05. The summed E-state index contributed by atoms with van der Waals surface area (Å²) in [6.45, 7) is 3.43. The van der Waals surface area contributed by atoms with E-state index in [1.54, 1.807) is 59.4 Å². The molecule has 0 unspecified atom stereocenters. The Kier molecular flexibility index (Phi) is 5.51. The molecule has 1 N–H and O–H groups in total. The van der Waals surface area contributed by atoms with Gasteiger partial charge in [0, 0.05) is 17.6 Å². The first-order chi connectivity index (χ1) is 13.5. The second kappa shape index (κ2) is 8.18. The van der Waals surface area contributed by atoms with Crippen LogP contribution in [0, 0.1) is 18.3 Å². The van der Waals surface area contributed by atoms with Crippen molar-refractivity contribution < 1.29 is 14.3 Å².